The van der Waals surface area contributed by atoms with Gasteiger partial charge in [-0.25, -0.2) is 14.0 Å². The maximum atomic E-state index is 13.3. The molecule has 0 saturated heterocycles. The second-order valence-corrected chi connectivity index (χ2v) is 5.19. The Balaban J connectivity index is 0.000000284. The predicted molar refractivity (Wildman–Crippen MR) is 85.0 cm³/mol. The number of hydrogen-bond acceptors (Lipinski definition) is 3. The predicted octanol–water partition coefficient (Wildman–Crippen LogP) is 2.49. The maximum absolute atomic E-state index is 13.3. The van der Waals surface area contributed by atoms with Gasteiger partial charge in [0.05, 0.1) is 10.5 Å². The zero-order chi connectivity index (χ0) is 17.6. The standard InChI is InChI=1S/C11H12ClFN2.C4H4O4/c1-7(14)6-15-3-2-8-4-9(12)10(13)5-11(8)15;5-3(6)1-2-4(7)8/h2-5,7H,6,14H2,1H3;1-2H,(H,5,6)(H,7,8)/b;2-1+/t7-;/m0./s1. The summed E-state index contributed by atoms with van der Waals surface area (Å²) in [5.41, 5.74) is 6.53. The Bertz CT molecular complexity index is 724. The second kappa shape index (κ2) is 8.30. The number of aromatic nitrogens is 1. The van der Waals surface area contributed by atoms with Crippen LogP contribution < -0.4 is 5.73 Å². The van der Waals surface area contributed by atoms with Crippen LogP contribution in [0.1, 0.15) is 6.92 Å². The lowest BCUT2D eigenvalue weighted by Gasteiger charge is -2.08. The average Bonchev–Trinajstić information content (AvgIpc) is 2.79. The number of aliphatic carboxylic acids is 2. The fraction of sp³-hybridized carbons (Fsp3) is 0.200. The molecule has 0 unspecified atom stereocenters. The Labute approximate surface area is 136 Å². The maximum Gasteiger partial charge on any atom is 0.328 e. The number of benzene rings is 1. The first-order valence-corrected chi connectivity index (χ1v) is 6.92. The minimum atomic E-state index is -1.26. The highest BCUT2D eigenvalue weighted by molar-refractivity contribution is 6.31. The third kappa shape index (κ3) is 6.09. The van der Waals surface area contributed by atoms with Crippen LogP contribution in [-0.2, 0) is 16.1 Å². The van der Waals surface area contributed by atoms with Crippen LogP contribution in [0.4, 0.5) is 4.39 Å². The Kier molecular flexibility index (Phi) is 6.74. The van der Waals surface area contributed by atoms with Gasteiger partial charge < -0.3 is 20.5 Å². The van der Waals surface area contributed by atoms with Gasteiger partial charge in [0, 0.05) is 36.3 Å². The highest BCUT2D eigenvalue weighted by Gasteiger charge is 2.07. The monoisotopic (exact) mass is 342 g/mol. The molecule has 0 fully saturated rings. The van der Waals surface area contributed by atoms with Crippen LogP contribution in [0.2, 0.25) is 5.02 Å². The first-order chi connectivity index (χ1) is 10.7. The molecule has 0 aliphatic heterocycles. The summed E-state index contributed by atoms with van der Waals surface area (Å²) in [6.45, 7) is 2.59. The number of halogens is 2. The van der Waals surface area contributed by atoms with Gasteiger partial charge in [-0.05, 0) is 25.1 Å². The molecule has 1 aromatic heterocycles. The van der Waals surface area contributed by atoms with Gasteiger partial charge in [0.15, 0.2) is 0 Å². The second-order valence-electron chi connectivity index (χ2n) is 4.78. The van der Waals surface area contributed by atoms with E-state index in [1.165, 1.54) is 6.07 Å². The summed E-state index contributed by atoms with van der Waals surface area (Å²) in [5, 5.41) is 16.7. The van der Waals surface area contributed by atoms with Gasteiger partial charge in [-0.3, -0.25) is 0 Å². The van der Waals surface area contributed by atoms with Crippen LogP contribution >= 0.6 is 11.6 Å². The van der Waals surface area contributed by atoms with Gasteiger partial charge >= 0.3 is 11.9 Å². The molecule has 0 saturated carbocycles. The van der Waals surface area contributed by atoms with Crippen molar-refractivity contribution >= 4 is 34.4 Å². The topological polar surface area (TPSA) is 106 Å². The van der Waals surface area contributed by atoms with Crippen molar-refractivity contribution in [3.63, 3.8) is 0 Å². The van der Waals surface area contributed by atoms with Crippen LogP contribution in [-0.4, -0.2) is 32.8 Å². The normalized spacial score (nSPS) is 12.0. The smallest absolute Gasteiger partial charge is 0.328 e. The molecule has 2 aromatic rings. The highest BCUT2D eigenvalue weighted by Crippen LogP contribution is 2.23. The lowest BCUT2D eigenvalue weighted by atomic mass is 10.2. The third-order valence-electron chi connectivity index (χ3n) is 2.67. The van der Waals surface area contributed by atoms with E-state index in [2.05, 4.69) is 0 Å². The van der Waals surface area contributed by atoms with E-state index in [1.807, 2.05) is 23.8 Å². The molecule has 0 bridgehead atoms. The van der Waals surface area contributed by atoms with E-state index in [9.17, 15) is 14.0 Å². The summed E-state index contributed by atoms with van der Waals surface area (Å²) >= 11 is 5.69. The lowest BCUT2D eigenvalue weighted by Crippen LogP contribution is -2.21. The van der Waals surface area contributed by atoms with E-state index >= 15 is 0 Å². The van der Waals surface area contributed by atoms with E-state index in [1.54, 1.807) is 6.07 Å². The van der Waals surface area contributed by atoms with Crippen LogP contribution in [0.5, 0.6) is 0 Å². The van der Waals surface area contributed by atoms with Crippen LogP contribution in [0, 0.1) is 5.82 Å². The van der Waals surface area contributed by atoms with Gasteiger partial charge in [-0.2, -0.15) is 0 Å². The van der Waals surface area contributed by atoms with Crippen molar-refractivity contribution in [2.75, 3.05) is 0 Å². The van der Waals surface area contributed by atoms with E-state index in [0.717, 1.165) is 10.9 Å². The van der Waals surface area contributed by atoms with Gasteiger partial charge in [0.2, 0.25) is 0 Å². The highest BCUT2D eigenvalue weighted by atomic mass is 35.5. The molecule has 0 aliphatic carbocycles. The van der Waals surface area contributed by atoms with E-state index in [-0.39, 0.29) is 11.1 Å². The minimum absolute atomic E-state index is 0.0411. The summed E-state index contributed by atoms with van der Waals surface area (Å²) in [6.07, 6.45) is 3.01. The number of fused-ring (bicyclic) bond motifs is 1. The molecule has 4 N–H and O–H groups in total. The summed E-state index contributed by atoms with van der Waals surface area (Å²) in [5.74, 6) is -2.91. The molecular weight excluding hydrogens is 327 g/mol. The fourth-order valence-corrected chi connectivity index (χ4v) is 1.97. The van der Waals surface area contributed by atoms with E-state index in [4.69, 9.17) is 27.5 Å². The van der Waals surface area contributed by atoms with Gasteiger partial charge in [0.1, 0.15) is 5.82 Å². The van der Waals surface area contributed by atoms with Gasteiger partial charge in [-0.1, -0.05) is 11.6 Å². The first-order valence-electron chi connectivity index (χ1n) is 6.54. The summed E-state index contributed by atoms with van der Waals surface area (Å²) < 4.78 is 15.2. The number of rotatable bonds is 4. The van der Waals surface area contributed by atoms with Crippen LogP contribution in [0.25, 0.3) is 10.9 Å². The molecule has 8 heteroatoms. The number of hydrogen-bond donors (Lipinski definition) is 3. The molecule has 124 valence electrons. The van der Waals surface area contributed by atoms with Crippen LogP contribution in [0.15, 0.2) is 36.5 Å². The lowest BCUT2D eigenvalue weighted by molar-refractivity contribution is -0.134. The Hall–Kier alpha value is -2.38. The number of nitrogens with two attached hydrogens (primary N) is 1. The Morgan fingerprint density at radius 2 is 1.91 bits per heavy atom. The molecular formula is C15H16ClFN2O4. The quantitative estimate of drug-likeness (QED) is 0.740. The van der Waals surface area contributed by atoms with Crippen molar-refractivity contribution in [2.24, 2.45) is 5.73 Å². The number of carbonyl (C=O) groups is 2. The molecule has 0 radical (unpaired) electrons. The van der Waals surface area contributed by atoms with Crippen molar-refractivity contribution in [1.82, 2.24) is 4.57 Å². The van der Waals surface area contributed by atoms with E-state index < -0.39 is 17.8 Å². The van der Waals surface area contributed by atoms with Crippen molar-refractivity contribution in [3.8, 4) is 0 Å². The van der Waals surface area contributed by atoms with Gasteiger partial charge in [-0.15, -0.1) is 0 Å². The molecule has 0 aliphatic rings. The largest absolute Gasteiger partial charge is 0.478 e. The molecule has 1 aromatic carbocycles. The number of carboxylic acid groups (broad SMARTS) is 2. The molecule has 2 rings (SSSR count). The average molecular weight is 343 g/mol. The number of carboxylic acids is 2. The zero-order valence-electron chi connectivity index (χ0n) is 12.2. The summed E-state index contributed by atoms with van der Waals surface area (Å²) in [7, 11) is 0. The SMILES string of the molecule is C[C@H](N)Cn1ccc2cc(Cl)c(F)cc21.O=C(O)/C=C/C(=O)O. The third-order valence-corrected chi connectivity index (χ3v) is 2.96. The molecule has 1 heterocycles. The van der Waals surface area contributed by atoms with Crippen molar-refractivity contribution < 1.29 is 24.2 Å². The van der Waals surface area contributed by atoms with Crippen molar-refractivity contribution in [1.29, 1.82) is 0 Å². The summed E-state index contributed by atoms with van der Waals surface area (Å²) in [4.78, 5) is 19.1. The Morgan fingerprint density at radius 3 is 2.39 bits per heavy atom. The molecule has 0 spiro atoms. The van der Waals surface area contributed by atoms with Crippen molar-refractivity contribution in [3.05, 3.63) is 47.4 Å². The first kappa shape index (κ1) is 18.7. The molecule has 1 atom stereocenters. The molecule has 0 amide bonds. The zero-order valence-corrected chi connectivity index (χ0v) is 13.0. The van der Waals surface area contributed by atoms with Gasteiger partial charge in [0.25, 0.3) is 0 Å². The molecule has 6 nitrogen and oxygen atoms in total. The van der Waals surface area contributed by atoms with Crippen molar-refractivity contribution in [2.45, 2.75) is 19.5 Å². The van der Waals surface area contributed by atoms with Crippen LogP contribution in [0.3, 0.4) is 0 Å². The fourth-order valence-electron chi connectivity index (χ4n) is 1.80. The Morgan fingerprint density at radius 1 is 1.35 bits per heavy atom. The van der Waals surface area contributed by atoms with E-state index in [0.29, 0.717) is 18.7 Å². The molecule has 23 heavy (non-hydrogen) atoms. The number of nitrogens with zero attached hydrogens (tertiary/aromatic N) is 1. The summed E-state index contributed by atoms with van der Waals surface area (Å²) in [6, 6.07) is 5.02. The minimum Gasteiger partial charge on any atom is -0.478 e.